The van der Waals surface area contributed by atoms with Crippen molar-refractivity contribution in [3.05, 3.63) is 88.7 Å². The fourth-order valence-corrected chi connectivity index (χ4v) is 5.75. The summed E-state index contributed by atoms with van der Waals surface area (Å²) >= 11 is 0. The van der Waals surface area contributed by atoms with Crippen LogP contribution in [-0.2, 0) is 9.53 Å². The fourth-order valence-electron chi connectivity index (χ4n) is 5.75. The van der Waals surface area contributed by atoms with E-state index in [1.807, 2.05) is 5.01 Å². The van der Waals surface area contributed by atoms with Crippen LogP contribution < -0.4 is 35.6 Å². The Hall–Kier alpha value is -5.86. The second-order valence-corrected chi connectivity index (χ2v) is 11.4. The van der Waals surface area contributed by atoms with Gasteiger partial charge in [-0.05, 0) is 62.4 Å². The largest absolute Gasteiger partial charge is 0.497 e. The summed E-state index contributed by atoms with van der Waals surface area (Å²) in [6.07, 6.45) is -0.483. The SMILES string of the molecule is CCOC(=O)NCCC(=O)N1CCN(n2c(C(C)N(C(=O)Nc3ccc(F)cc3)c3ccc(OC)cc3OC)nc3ccccc3c2=O)CC1.[HH].[HH]. The third-order valence-corrected chi connectivity index (χ3v) is 8.28. The monoisotopic (exact) mass is 693 g/mol. The molecule has 1 atom stereocenters. The van der Waals surface area contributed by atoms with Crippen LogP contribution >= 0.6 is 0 Å². The van der Waals surface area contributed by atoms with Crippen molar-refractivity contribution >= 4 is 40.3 Å². The average Bonchev–Trinajstić information content (AvgIpc) is 3.12. The van der Waals surface area contributed by atoms with Gasteiger partial charge in [0.1, 0.15) is 17.3 Å². The Labute approximate surface area is 291 Å². The fraction of sp³-hybridized carbons (Fsp3) is 0.343. The van der Waals surface area contributed by atoms with Gasteiger partial charge < -0.3 is 34.8 Å². The van der Waals surface area contributed by atoms with E-state index in [1.165, 1.54) is 48.1 Å². The van der Waals surface area contributed by atoms with Gasteiger partial charge in [0.2, 0.25) is 5.91 Å². The summed E-state index contributed by atoms with van der Waals surface area (Å²) in [5.41, 5.74) is 0.819. The van der Waals surface area contributed by atoms with Crippen molar-refractivity contribution in [3.63, 3.8) is 0 Å². The first-order chi connectivity index (χ1) is 24.1. The number of alkyl carbamates (subject to hydrolysis) is 1. The van der Waals surface area contributed by atoms with Crippen LogP contribution in [0.4, 0.5) is 25.4 Å². The maximum absolute atomic E-state index is 14.2. The quantitative estimate of drug-likeness (QED) is 0.227. The number of hydrogen-bond acceptors (Lipinski definition) is 9. The second kappa shape index (κ2) is 16.0. The van der Waals surface area contributed by atoms with E-state index < -0.39 is 24.0 Å². The van der Waals surface area contributed by atoms with Crippen molar-refractivity contribution in [2.24, 2.45) is 0 Å². The predicted octanol–water partition coefficient (Wildman–Crippen LogP) is 4.76. The molecule has 1 aromatic heterocycles. The molecule has 1 fully saturated rings. The molecule has 15 heteroatoms. The molecule has 4 aromatic rings. The van der Waals surface area contributed by atoms with E-state index in [9.17, 15) is 23.6 Å². The summed E-state index contributed by atoms with van der Waals surface area (Å²) in [4.78, 5) is 61.0. The van der Waals surface area contributed by atoms with E-state index in [0.29, 0.717) is 60.0 Å². The van der Waals surface area contributed by atoms with Crippen LogP contribution in [0.1, 0.15) is 35.0 Å². The molecule has 1 unspecified atom stereocenters. The van der Waals surface area contributed by atoms with E-state index in [4.69, 9.17) is 19.2 Å². The number of carbonyl (C=O) groups is 3. The van der Waals surface area contributed by atoms with Crippen LogP contribution in [0.2, 0.25) is 0 Å². The molecule has 2 heterocycles. The molecule has 4 amide bonds. The summed E-state index contributed by atoms with van der Waals surface area (Å²) in [5.74, 6) is 0.491. The maximum atomic E-state index is 14.2. The Kier molecular flexibility index (Phi) is 11.4. The molecule has 1 saturated heterocycles. The van der Waals surface area contributed by atoms with E-state index in [1.54, 1.807) is 61.2 Å². The van der Waals surface area contributed by atoms with E-state index in [-0.39, 0.29) is 39.7 Å². The van der Waals surface area contributed by atoms with Gasteiger partial charge in [0, 0.05) is 40.7 Å². The number of rotatable bonds is 11. The number of urea groups is 1. The zero-order valence-electron chi connectivity index (χ0n) is 28.3. The molecule has 0 spiro atoms. The Morgan fingerprint density at radius 3 is 2.40 bits per heavy atom. The number of fused-ring (bicyclic) bond motifs is 1. The van der Waals surface area contributed by atoms with E-state index >= 15 is 0 Å². The number of piperazine rings is 1. The normalized spacial score (nSPS) is 13.4. The minimum absolute atomic E-state index is 0. The molecule has 50 heavy (non-hydrogen) atoms. The van der Waals surface area contributed by atoms with Crippen LogP contribution in [0.3, 0.4) is 0 Å². The number of methoxy groups -OCH3 is 2. The lowest BCUT2D eigenvalue weighted by Crippen LogP contribution is -2.57. The van der Waals surface area contributed by atoms with Crippen molar-refractivity contribution in [1.82, 2.24) is 19.9 Å². The number of hydrogen-bond donors (Lipinski definition) is 2. The highest BCUT2D eigenvalue weighted by atomic mass is 19.1. The smallest absolute Gasteiger partial charge is 0.407 e. The van der Waals surface area contributed by atoms with Gasteiger partial charge in [-0.25, -0.2) is 23.6 Å². The van der Waals surface area contributed by atoms with Crippen molar-refractivity contribution in [1.29, 1.82) is 0 Å². The summed E-state index contributed by atoms with van der Waals surface area (Å²) in [6, 6.07) is 15.8. The highest BCUT2D eigenvalue weighted by Crippen LogP contribution is 2.37. The Bertz CT molecular complexity index is 1910. The third kappa shape index (κ3) is 7.88. The number of nitrogens with zero attached hydrogens (tertiary/aromatic N) is 5. The highest BCUT2D eigenvalue weighted by Gasteiger charge is 2.33. The summed E-state index contributed by atoms with van der Waals surface area (Å²) in [6.45, 7) is 5.03. The van der Waals surface area contributed by atoms with Gasteiger partial charge in [-0.3, -0.25) is 14.5 Å². The standard InChI is InChI=1S/C35H40FN7O7.2H2/c1-5-50-35(47)37-17-16-31(44)40-18-20-41(21-19-40)43-32(39-28-9-7-6-8-27(28)33(43)45)23(2)42(29-15-14-26(48-3)22-30(29)49-4)34(46)38-25-12-10-24(36)11-13-25;;/h6-15,22-23H,5,16-21H2,1-4H3,(H,37,47)(H,38,46);2*1H. The number of amides is 4. The van der Waals surface area contributed by atoms with Crippen LogP contribution in [-0.4, -0.2) is 86.1 Å². The maximum Gasteiger partial charge on any atom is 0.407 e. The van der Waals surface area contributed by atoms with Gasteiger partial charge in [-0.2, -0.15) is 0 Å². The number of aromatic nitrogens is 2. The molecule has 0 radical (unpaired) electrons. The van der Waals surface area contributed by atoms with E-state index in [2.05, 4.69) is 10.6 Å². The minimum atomic E-state index is -0.872. The lowest BCUT2D eigenvalue weighted by atomic mass is 10.1. The van der Waals surface area contributed by atoms with E-state index in [0.717, 1.165) is 0 Å². The minimum Gasteiger partial charge on any atom is -0.497 e. The molecule has 14 nitrogen and oxygen atoms in total. The predicted molar refractivity (Wildman–Crippen MR) is 190 cm³/mol. The van der Waals surface area contributed by atoms with Crippen LogP contribution in [0.5, 0.6) is 11.5 Å². The first-order valence-electron chi connectivity index (χ1n) is 16.2. The molecule has 2 N–H and O–H groups in total. The zero-order chi connectivity index (χ0) is 35.8. The second-order valence-electron chi connectivity index (χ2n) is 11.4. The number of para-hydroxylation sites is 1. The van der Waals surface area contributed by atoms with Crippen molar-refractivity contribution in [3.8, 4) is 11.5 Å². The van der Waals surface area contributed by atoms with Crippen molar-refractivity contribution in [2.75, 3.05) is 68.8 Å². The van der Waals surface area contributed by atoms with Gasteiger partial charge in [-0.1, -0.05) is 12.1 Å². The van der Waals surface area contributed by atoms with Gasteiger partial charge in [0.05, 0.1) is 56.5 Å². The molecule has 0 bridgehead atoms. The van der Waals surface area contributed by atoms with Gasteiger partial charge in [-0.15, -0.1) is 0 Å². The summed E-state index contributed by atoms with van der Waals surface area (Å²) in [5, 5.41) is 7.58. The topological polar surface area (TPSA) is 148 Å². The van der Waals surface area contributed by atoms with Crippen LogP contribution in [0, 0.1) is 5.82 Å². The molecule has 0 saturated carbocycles. The third-order valence-electron chi connectivity index (χ3n) is 8.28. The first-order valence-corrected chi connectivity index (χ1v) is 16.2. The van der Waals surface area contributed by atoms with Crippen LogP contribution in [0.25, 0.3) is 10.9 Å². The molecule has 3 aromatic carbocycles. The Balaban J connectivity index is 0.00000364. The molecular weight excluding hydrogens is 649 g/mol. The zero-order valence-corrected chi connectivity index (χ0v) is 28.3. The Morgan fingerprint density at radius 2 is 1.72 bits per heavy atom. The number of benzene rings is 3. The molecular formula is C35H44FN7O7. The lowest BCUT2D eigenvalue weighted by Gasteiger charge is -2.39. The molecule has 268 valence electrons. The average molecular weight is 694 g/mol. The molecule has 1 aliphatic heterocycles. The molecule has 5 rings (SSSR count). The number of ether oxygens (including phenoxy) is 3. The highest BCUT2D eigenvalue weighted by molar-refractivity contribution is 6.03. The Morgan fingerprint density at radius 1 is 1.00 bits per heavy atom. The van der Waals surface area contributed by atoms with Crippen molar-refractivity contribution < 1.29 is 35.8 Å². The number of nitrogens with one attached hydrogen (secondary N) is 2. The molecule has 0 aliphatic carbocycles. The van der Waals surface area contributed by atoms with Gasteiger partial charge >= 0.3 is 12.1 Å². The number of carbonyl (C=O) groups excluding carboxylic acids is 3. The first kappa shape index (κ1) is 35.4. The number of anilines is 2. The van der Waals surface area contributed by atoms with Crippen molar-refractivity contribution in [2.45, 2.75) is 26.3 Å². The summed E-state index contributed by atoms with van der Waals surface area (Å²) in [7, 11) is 2.98. The van der Waals surface area contributed by atoms with Gasteiger partial charge in [0.15, 0.2) is 5.82 Å². The number of halogens is 1. The molecule has 1 aliphatic rings. The lowest BCUT2D eigenvalue weighted by molar-refractivity contribution is -0.131. The summed E-state index contributed by atoms with van der Waals surface area (Å²) < 4.78 is 31.1. The van der Waals surface area contributed by atoms with Gasteiger partial charge in [0.25, 0.3) is 5.56 Å². The van der Waals surface area contributed by atoms with Crippen LogP contribution in [0.15, 0.2) is 71.5 Å².